The number of rotatable bonds is 3. The van der Waals surface area contributed by atoms with Gasteiger partial charge in [0.1, 0.15) is 11.2 Å². The number of para-hydroxylation sites is 1. The fourth-order valence-electron chi connectivity index (χ4n) is 10.3. The molecule has 2 aliphatic rings. The Balaban J connectivity index is 1.22. The van der Waals surface area contributed by atoms with E-state index in [2.05, 4.69) is 198 Å². The molecular weight excluding hydrogens is 653 g/mol. The van der Waals surface area contributed by atoms with Crippen LogP contribution in [0.25, 0.3) is 82.3 Å². The maximum Gasteiger partial charge on any atom is 0.203 e. The highest BCUT2D eigenvalue weighted by molar-refractivity contribution is 6.24. The van der Waals surface area contributed by atoms with Crippen LogP contribution in [0.15, 0.2) is 182 Å². The predicted octanol–water partition coefficient (Wildman–Crippen LogP) is 12.4. The van der Waals surface area contributed by atoms with Gasteiger partial charge in [0.2, 0.25) is 6.20 Å². The smallest absolute Gasteiger partial charge is 0.121 e. The Kier molecular flexibility index (Phi) is 6.00. The fourth-order valence-corrected chi connectivity index (χ4v) is 10.3. The normalized spacial score (nSPS) is 13.5. The summed E-state index contributed by atoms with van der Waals surface area (Å²) in [7, 11) is 0. The topological polar surface area (TPSA) is 8.81 Å². The van der Waals surface area contributed by atoms with Gasteiger partial charge in [0.05, 0.1) is 10.8 Å². The molecule has 0 fully saturated rings. The lowest BCUT2D eigenvalue weighted by Crippen LogP contribution is -2.40. The molecule has 2 nitrogen and oxygen atoms in total. The molecule has 1 spiro atoms. The van der Waals surface area contributed by atoms with E-state index in [0.29, 0.717) is 0 Å². The first-order valence-corrected chi connectivity index (χ1v) is 19.1. The second-order valence-electron chi connectivity index (χ2n) is 14.9. The quantitative estimate of drug-likeness (QED) is 0.129. The molecule has 0 unspecified atom stereocenters. The van der Waals surface area contributed by atoms with Gasteiger partial charge in [-0.3, -0.25) is 0 Å². The van der Waals surface area contributed by atoms with Crippen molar-refractivity contribution in [2.75, 3.05) is 0 Å². The number of aromatic nitrogens is 2. The van der Waals surface area contributed by atoms with Crippen molar-refractivity contribution >= 4 is 43.2 Å². The van der Waals surface area contributed by atoms with E-state index >= 15 is 0 Å². The standard InChI is InChI=1S/C52H35N2/c1-2-53-32-34-15-3-14-26-48(34)54(53)35-29-27-33(28-30-35)44-31-47-49(41-21-7-5-18-38(41)44)50-42-22-8-4-16-36(42)37-17-6-9-23-43(37)51(50)52(47)45-24-12-10-19-39(45)40-20-11-13-25-46(40)52/h3-32H,2H2,1H3/q+1. The zero-order valence-electron chi connectivity index (χ0n) is 29.9. The van der Waals surface area contributed by atoms with Crippen LogP contribution in [0.5, 0.6) is 0 Å². The monoisotopic (exact) mass is 687 g/mol. The van der Waals surface area contributed by atoms with E-state index in [1.165, 1.54) is 98.9 Å². The minimum absolute atomic E-state index is 0.489. The summed E-state index contributed by atoms with van der Waals surface area (Å²) in [5, 5.41) is 9.08. The van der Waals surface area contributed by atoms with E-state index in [9.17, 15) is 0 Å². The van der Waals surface area contributed by atoms with Crippen LogP contribution in [0.3, 0.4) is 0 Å². The average Bonchev–Trinajstić information content (AvgIpc) is 3.88. The van der Waals surface area contributed by atoms with Gasteiger partial charge in [-0.25, -0.2) is 0 Å². The molecule has 2 aliphatic carbocycles. The number of nitrogens with zero attached hydrogens (tertiary/aromatic N) is 2. The molecule has 12 rings (SSSR count). The van der Waals surface area contributed by atoms with E-state index in [1.54, 1.807) is 0 Å². The van der Waals surface area contributed by atoms with E-state index in [1.807, 2.05) is 0 Å². The van der Waals surface area contributed by atoms with Crippen LogP contribution in [0.4, 0.5) is 0 Å². The van der Waals surface area contributed by atoms with E-state index in [4.69, 9.17) is 0 Å². The molecule has 0 atom stereocenters. The summed E-state index contributed by atoms with van der Waals surface area (Å²) >= 11 is 0. The van der Waals surface area contributed by atoms with Crippen molar-refractivity contribution in [3.63, 3.8) is 0 Å². The largest absolute Gasteiger partial charge is 0.203 e. The molecule has 0 saturated heterocycles. The number of benzene rings is 9. The molecular formula is C52H35N2+. The molecule has 2 heteroatoms. The minimum Gasteiger partial charge on any atom is -0.121 e. The first-order valence-electron chi connectivity index (χ1n) is 19.1. The van der Waals surface area contributed by atoms with Crippen molar-refractivity contribution in [2.24, 2.45) is 0 Å². The molecule has 0 aliphatic heterocycles. The maximum absolute atomic E-state index is 2.56. The summed E-state index contributed by atoms with van der Waals surface area (Å²) in [4.78, 5) is 0. The van der Waals surface area contributed by atoms with Crippen LogP contribution < -0.4 is 4.68 Å². The molecule has 0 saturated carbocycles. The van der Waals surface area contributed by atoms with Gasteiger partial charge in [-0.1, -0.05) is 146 Å². The third-order valence-corrected chi connectivity index (χ3v) is 12.4. The summed E-state index contributed by atoms with van der Waals surface area (Å²) in [5.41, 5.74) is 15.3. The first-order chi connectivity index (χ1) is 26.8. The van der Waals surface area contributed by atoms with Gasteiger partial charge in [0.25, 0.3) is 0 Å². The number of hydrogen-bond acceptors (Lipinski definition) is 0. The fraction of sp³-hybridized carbons (Fsp3) is 0.0577. The highest BCUT2D eigenvalue weighted by Gasteiger charge is 2.53. The molecule has 1 aromatic heterocycles. The van der Waals surface area contributed by atoms with Gasteiger partial charge < -0.3 is 0 Å². The molecule has 10 aromatic rings. The van der Waals surface area contributed by atoms with E-state index in [-0.39, 0.29) is 0 Å². The van der Waals surface area contributed by atoms with Crippen molar-refractivity contribution in [1.82, 2.24) is 4.68 Å². The second-order valence-corrected chi connectivity index (χ2v) is 14.9. The average molecular weight is 688 g/mol. The van der Waals surface area contributed by atoms with Gasteiger partial charge in [0.15, 0.2) is 6.54 Å². The molecule has 9 aromatic carbocycles. The molecule has 0 N–H and O–H groups in total. The van der Waals surface area contributed by atoms with Gasteiger partial charge in [-0.2, -0.15) is 0 Å². The van der Waals surface area contributed by atoms with E-state index < -0.39 is 5.41 Å². The van der Waals surface area contributed by atoms with Crippen LogP contribution in [0, 0.1) is 0 Å². The summed E-state index contributed by atoms with van der Waals surface area (Å²) in [6.07, 6.45) is 2.25. The second kappa shape index (κ2) is 10.9. The molecule has 1 heterocycles. The SMILES string of the molecule is CC[n+]1cc2ccccc2n1-c1ccc(-c2cc3c(c4ccccc24)-c2c(c4ccccc4c4ccccc24)C32c3ccccc3-c3ccccc32)cc1. The van der Waals surface area contributed by atoms with Crippen molar-refractivity contribution in [3.8, 4) is 39.1 Å². The van der Waals surface area contributed by atoms with Crippen molar-refractivity contribution in [2.45, 2.75) is 18.9 Å². The Morgan fingerprint density at radius 3 is 1.69 bits per heavy atom. The Labute approximate surface area is 313 Å². The lowest BCUT2D eigenvalue weighted by Gasteiger charge is -2.32. The van der Waals surface area contributed by atoms with Gasteiger partial charge in [-0.15, -0.1) is 9.36 Å². The summed E-state index contributed by atoms with van der Waals surface area (Å²) in [5.74, 6) is 0. The zero-order chi connectivity index (χ0) is 35.5. The highest BCUT2D eigenvalue weighted by Crippen LogP contribution is 2.66. The van der Waals surface area contributed by atoms with Gasteiger partial charge >= 0.3 is 0 Å². The third-order valence-electron chi connectivity index (χ3n) is 12.4. The molecule has 54 heavy (non-hydrogen) atoms. The number of aryl methyl sites for hydroxylation is 1. The van der Waals surface area contributed by atoms with Crippen LogP contribution in [-0.2, 0) is 12.0 Å². The summed E-state index contributed by atoms with van der Waals surface area (Å²) in [6, 6.07) is 66.1. The first kappa shape index (κ1) is 29.8. The summed E-state index contributed by atoms with van der Waals surface area (Å²) in [6.45, 7) is 3.10. The Hall–Kier alpha value is -6.77. The Bertz CT molecular complexity index is 3150. The third kappa shape index (κ3) is 3.67. The van der Waals surface area contributed by atoms with E-state index in [0.717, 1.165) is 12.2 Å². The van der Waals surface area contributed by atoms with Crippen LogP contribution in [0.2, 0.25) is 0 Å². The minimum atomic E-state index is -0.489. The Morgan fingerprint density at radius 1 is 0.463 bits per heavy atom. The molecule has 252 valence electrons. The number of hydrogen-bond donors (Lipinski definition) is 0. The van der Waals surface area contributed by atoms with Crippen molar-refractivity contribution < 1.29 is 4.68 Å². The lowest BCUT2D eigenvalue weighted by molar-refractivity contribution is -0.761. The molecule has 0 bridgehead atoms. The molecule has 0 radical (unpaired) electrons. The highest BCUT2D eigenvalue weighted by atomic mass is 15.4. The van der Waals surface area contributed by atoms with Crippen LogP contribution in [0.1, 0.15) is 29.2 Å². The summed E-state index contributed by atoms with van der Waals surface area (Å²) < 4.78 is 4.64. The number of fused-ring (bicyclic) bond motifs is 18. The van der Waals surface area contributed by atoms with Crippen molar-refractivity contribution in [3.05, 3.63) is 204 Å². The lowest BCUT2D eigenvalue weighted by atomic mass is 9.68. The maximum atomic E-state index is 2.56. The van der Waals surface area contributed by atoms with Gasteiger partial charge in [-0.05, 0) is 125 Å². The zero-order valence-corrected chi connectivity index (χ0v) is 29.9. The molecule has 0 amide bonds. The van der Waals surface area contributed by atoms with Gasteiger partial charge in [0, 0.05) is 0 Å². The van der Waals surface area contributed by atoms with Crippen LogP contribution in [-0.4, -0.2) is 4.68 Å². The van der Waals surface area contributed by atoms with Crippen molar-refractivity contribution in [1.29, 1.82) is 0 Å². The van der Waals surface area contributed by atoms with Crippen LogP contribution >= 0.6 is 0 Å². The predicted molar refractivity (Wildman–Crippen MR) is 223 cm³/mol. The Morgan fingerprint density at radius 2 is 1.00 bits per heavy atom.